The van der Waals surface area contributed by atoms with Crippen LogP contribution in [0.25, 0.3) is 10.6 Å². The molecular formula is C14H17N3S2. The van der Waals surface area contributed by atoms with E-state index in [1.807, 2.05) is 0 Å². The Balaban J connectivity index is 1.61. The van der Waals surface area contributed by atoms with Crippen LogP contribution in [0.5, 0.6) is 0 Å². The van der Waals surface area contributed by atoms with Crippen LogP contribution in [0, 0.1) is 0 Å². The molecule has 0 spiro atoms. The number of hydrogen-bond acceptors (Lipinski definition) is 5. The van der Waals surface area contributed by atoms with Crippen LogP contribution < -0.4 is 5.32 Å². The SMILES string of the molecule is CSc1ccc(-c2nnc(CCNC3CC3)s2)cc1. The molecule has 0 saturated heterocycles. The summed E-state index contributed by atoms with van der Waals surface area (Å²) in [7, 11) is 0. The Morgan fingerprint density at radius 3 is 2.74 bits per heavy atom. The number of benzene rings is 1. The van der Waals surface area contributed by atoms with E-state index in [9.17, 15) is 0 Å². The smallest absolute Gasteiger partial charge is 0.147 e. The molecule has 3 nitrogen and oxygen atoms in total. The van der Waals surface area contributed by atoms with Gasteiger partial charge in [-0.15, -0.1) is 22.0 Å². The van der Waals surface area contributed by atoms with Gasteiger partial charge in [0.25, 0.3) is 0 Å². The summed E-state index contributed by atoms with van der Waals surface area (Å²) in [6, 6.07) is 9.29. The van der Waals surface area contributed by atoms with Crippen LogP contribution in [0.15, 0.2) is 29.2 Å². The van der Waals surface area contributed by atoms with Crippen molar-refractivity contribution in [2.24, 2.45) is 0 Å². The standard InChI is InChI=1S/C14H17N3S2/c1-18-12-6-2-10(3-7-12)14-17-16-13(19-14)8-9-15-11-4-5-11/h2-3,6-7,11,15H,4-5,8-9H2,1H3. The second-order valence-corrected chi connectivity index (χ2v) is 6.65. The first-order chi connectivity index (χ1) is 9.35. The van der Waals surface area contributed by atoms with Gasteiger partial charge in [0.1, 0.15) is 10.0 Å². The van der Waals surface area contributed by atoms with Crippen LogP contribution in [-0.2, 0) is 6.42 Å². The molecule has 1 saturated carbocycles. The molecule has 0 amide bonds. The van der Waals surface area contributed by atoms with Crippen molar-refractivity contribution in [1.82, 2.24) is 15.5 Å². The zero-order chi connectivity index (χ0) is 13.1. The lowest BCUT2D eigenvalue weighted by atomic mass is 10.2. The molecule has 0 bridgehead atoms. The Kier molecular flexibility index (Phi) is 4.15. The molecule has 0 aliphatic heterocycles. The normalized spacial score (nSPS) is 14.8. The molecule has 0 atom stereocenters. The van der Waals surface area contributed by atoms with Gasteiger partial charge in [0.2, 0.25) is 0 Å². The monoisotopic (exact) mass is 291 g/mol. The first-order valence-electron chi connectivity index (χ1n) is 6.55. The highest BCUT2D eigenvalue weighted by molar-refractivity contribution is 7.98. The van der Waals surface area contributed by atoms with E-state index in [2.05, 4.69) is 46.0 Å². The van der Waals surface area contributed by atoms with Gasteiger partial charge in [0, 0.05) is 29.5 Å². The van der Waals surface area contributed by atoms with Crippen LogP contribution in [0.3, 0.4) is 0 Å². The minimum absolute atomic E-state index is 0.770. The Morgan fingerprint density at radius 1 is 1.26 bits per heavy atom. The Bertz CT molecular complexity index is 532. The van der Waals surface area contributed by atoms with Gasteiger partial charge in [-0.25, -0.2) is 0 Å². The van der Waals surface area contributed by atoms with Gasteiger partial charge in [-0.05, 0) is 31.2 Å². The van der Waals surface area contributed by atoms with Crippen molar-refractivity contribution in [1.29, 1.82) is 0 Å². The fraction of sp³-hybridized carbons (Fsp3) is 0.429. The highest BCUT2D eigenvalue weighted by atomic mass is 32.2. The fourth-order valence-corrected chi connectivity index (χ4v) is 3.13. The molecule has 100 valence electrons. The van der Waals surface area contributed by atoms with Crippen LogP contribution in [0.1, 0.15) is 17.8 Å². The van der Waals surface area contributed by atoms with Gasteiger partial charge < -0.3 is 5.32 Å². The van der Waals surface area contributed by atoms with Crippen molar-refractivity contribution < 1.29 is 0 Å². The number of aromatic nitrogens is 2. The predicted molar refractivity (Wildman–Crippen MR) is 81.9 cm³/mol. The van der Waals surface area contributed by atoms with E-state index in [0.29, 0.717) is 0 Å². The lowest BCUT2D eigenvalue weighted by molar-refractivity contribution is 0.677. The maximum Gasteiger partial charge on any atom is 0.147 e. The summed E-state index contributed by atoms with van der Waals surface area (Å²) in [5.41, 5.74) is 1.16. The highest BCUT2D eigenvalue weighted by Crippen LogP contribution is 2.26. The van der Waals surface area contributed by atoms with Crippen molar-refractivity contribution in [2.75, 3.05) is 12.8 Å². The zero-order valence-electron chi connectivity index (χ0n) is 10.9. The fourth-order valence-electron chi connectivity index (χ4n) is 1.88. The molecule has 0 radical (unpaired) electrons. The van der Waals surface area contributed by atoms with E-state index in [-0.39, 0.29) is 0 Å². The summed E-state index contributed by atoms with van der Waals surface area (Å²) in [5.74, 6) is 0. The molecule has 1 aromatic carbocycles. The maximum absolute atomic E-state index is 4.29. The lowest BCUT2D eigenvalue weighted by Crippen LogP contribution is -2.19. The number of nitrogens with one attached hydrogen (secondary N) is 1. The van der Waals surface area contributed by atoms with Crippen LogP contribution in [0.2, 0.25) is 0 Å². The molecule has 3 rings (SSSR count). The number of hydrogen-bond donors (Lipinski definition) is 1. The predicted octanol–water partition coefficient (Wildman–Crippen LogP) is 3.22. The third-order valence-electron chi connectivity index (χ3n) is 3.15. The molecule has 19 heavy (non-hydrogen) atoms. The Morgan fingerprint density at radius 2 is 2.05 bits per heavy atom. The molecule has 2 aromatic rings. The summed E-state index contributed by atoms with van der Waals surface area (Å²) in [5, 5.41) is 14.2. The second-order valence-electron chi connectivity index (χ2n) is 4.71. The third-order valence-corrected chi connectivity index (χ3v) is 4.93. The van der Waals surface area contributed by atoms with E-state index in [4.69, 9.17) is 0 Å². The van der Waals surface area contributed by atoms with Crippen molar-refractivity contribution >= 4 is 23.1 Å². The highest BCUT2D eigenvalue weighted by Gasteiger charge is 2.19. The van der Waals surface area contributed by atoms with Gasteiger partial charge in [-0.3, -0.25) is 0 Å². The van der Waals surface area contributed by atoms with E-state index in [0.717, 1.165) is 34.6 Å². The van der Waals surface area contributed by atoms with Gasteiger partial charge in [-0.1, -0.05) is 23.5 Å². The molecule has 1 aliphatic rings. The minimum Gasteiger partial charge on any atom is -0.314 e. The molecule has 0 unspecified atom stereocenters. The molecule has 5 heteroatoms. The summed E-state index contributed by atoms with van der Waals surface area (Å²) >= 11 is 3.46. The lowest BCUT2D eigenvalue weighted by Gasteiger charge is -1.98. The molecule has 1 N–H and O–H groups in total. The molecule has 1 aliphatic carbocycles. The van der Waals surface area contributed by atoms with Gasteiger partial charge in [0.05, 0.1) is 0 Å². The topological polar surface area (TPSA) is 37.8 Å². The van der Waals surface area contributed by atoms with E-state index in [1.54, 1.807) is 23.1 Å². The van der Waals surface area contributed by atoms with Crippen molar-refractivity contribution in [3.63, 3.8) is 0 Å². The molecule has 1 aromatic heterocycles. The van der Waals surface area contributed by atoms with Crippen molar-refractivity contribution in [2.45, 2.75) is 30.2 Å². The minimum atomic E-state index is 0.770. The van der Waals surface area contributed by atoms with E-state index >= 15 is 0 Å². The average molecular weight is 291 g/mol. The van der Waals surface area contributed by atoms with Crippen molar-refractivity contribution in [3.05, 3.63) is 29.3 Å². The molecular weight excluding hydrogens is 274 g/mol. The van der Waals surface area contributed by atoms with Gasteiger partial charge in [-0.2, -0.15) is 0 Å². The number of nitrogens with zero attached hydrogens (tertiary/aromatic N) is 2. The maximum atomic E-state index is 4.29. The van der Waals surface area contributed by atoms with Crippen molar-refractivity contribution in [3.8, 4) is 10.6 Å². The van der Waals surface area contributed by atoms with E-state index < -0.39 is 0 Å². The molecule has 1 heterocycles. The number of rotatable bonds is 6. The first kappa shape index (κ1) is 13.1. The third kappa shape index (κ3) is 3.55. The van der Waals surface area contributed by atoms with Gasteiger partial charge in [0.15, 0.2) is 0 Å². The Labute approximate surface area is 121 Å². The first-order valence-corrected chi connectivity index (χ1v) is 8.59. The van der Waals surface area contributed by atoms with Crippen LogP contribution in [-0.4, -0.2) is 29.0 Å². The average Bonchev–Trinajstić information content (AvgIpc) is 3.15. The quantitative estimate of drug-likeness (QED) is 0.829. The second kappa shape index (κ2) is 6.03. The summed E-state index contributed by atoms with van der Waals surface area (Å²) in [6.45, 7) is 1.02. The summed E-state index contributed by atoms with van der Waals surface area (Å²) in [6.07, 6.45) is 5.74. The largest absolute Gasteiger partial charge is 0.314 e. The van der Waals surface area contributed by atoms with Crippen LogP contribution >= 0.6 is 23.1 Å². The van der Waals surface area contributed by atoms with Gasteiger partial charge >= 0.3 is 0 Å². The molecule has 1 fully saturated rings. The Hall–Kier alpha value is -0.910. The number of thioether (sulfide) groups is 1. The zero-order valence-corrected chi connectivity index (χ0v) is 12.6. The summed E-state index contributed by atoms with van der Waals surface area (Å²) in [4.78, 5) is 1.28. The van der Waals surface area contributed by atoms with Crippen LogP contribution in [0.4, 0.5) is 0 Å². The summed E-state index contributed by atoms with van der Waals surface area (Å²) < 4.78 is 0. The van der Waals surface area contributed by atoms with E-state index in [1.165, 1.54) is 17.7 Å².